The van der Waals surface area contributed by atoms with E-state index in [1.807, 2.05) is 97.3 Å². The largest absolute Gasteiger partial charge is 0.489 e. The fourth-order valence-corrected chi connectivity index (χ4v) is 11.5. The number of primary amides is 1. The quantitative estimate of drug-likeness (QED) is 0.0472. The summed E-state index contributed by atoms with van der Waals surface area (Å²) in [5.74, 6) is 1.62. The predicted molar refractivity (Wildman–Crippen MR) is 334 cm³/mol. The molecule has 2 saturated carbocycles. The molecule has 4 N–H and O–H groups in total. The molecule has 13 heteroatoms. The molecule has 2 fully saturated rings. The minimum Gasteiger partial charge on any atom is -0.489 e. The first kappa shape index (κ1) is 58.7. The smallest absolute Gasteiger partial charge is 0.223 e. The maximum absolute atomic E-state index is 12.5. The summed E-state index contributed by atoms with van der Waals surface area (Å²) in [6, 6.07) is 63.1. The Kier molecular flexibility index (Phi) is 21.2. The first-order valence-electron chi connectivity index (χ1n) is 27.8. The minimum atomic E-state index is -0.626. The average Bonchev–Trinajstić information content (AvgIpc) is 2.93. The topological polar surface area (TPSA) is 137 Å². The number of nitrogens with one attached hydrogen (secondary N) is 2. The maximum atomic E-state index is 12.5. The number of amides is 2. The number of para-hydroxylation sites is 2. The fourth-order valence-electron chi connectivity index (χ4n) is 10.7. The highest BCUT2D eigenvalue weighted by Crippen LogP contribution is 2.42. The molecule has 0 saturated heterocycles. The van der Waals surface area contributed by atoms with E-state index in [-0.39, 0.29) is 23.7 Å². The number of rotatable bonds is 17. The van der Waals surface area contributed by atoms with Crippen molar-refractivity contribution in [2.45, 2.75) is 68.8 Å². The number of alkyl halides is 1. The van der Waals surface area contributed by atoms with E-state index in [9.17, 15) is 9.59 Å². The van der Waals surface area contributed by atoms with Crippen LogP contribution in [0.2, 0.25) is 10.0 Å². The Bertz CT molecular complexity index is 3420. The molecule has 0 radical (unpaired) electrons. The van der Waals surface area contributed by atoms with Gasteiger partial charge in [0.05, 0.1) is 30.2 Å². The van der Waals surface area contributed by atoms with E-state index < -0.39 is 5.54 Å². The van der Waals surface area contributed by atoms with Crippen molar-refractivity contribution in [3.63, 3.8) is 0 Å². The fraction of sp³-hybridized carbons (Fsp3) is 0.217. The molecule has 10 nitrogen and oxygen atoms in total. The standard InChI is InChI=1S/C37H35N3O2.C25H26ClN3O2.C7H6BrCl/c38-36(41)29-22-20-28(21-23-29)24-25-42-35-19-11-10-18-33(35)34-26-40(27-39-34)37(30-12-4-1-5-13-30,31-14-6-2-7-15-31)32-16-8-3-9-17-32;26-21-5-3-4-19(14-21)15-28-25(30)20-10-8-18(9-11-20)12-13-31-24-7-2-1-6-22(24)23-16-27-17-29-23;8-5-6-2-1-3-7(9)4-6/h1-19,24,26-27,29H,20-23,25H2,(H2,38,41);1-7,12,14,16-17,20H,8-11,13,15H2,(H,27,29)(H,28,30);1-4H,5H2. The van der Waals surface area contributed by atoms with Gasteiger partial charge in [-0.1, -0.05) is 190 Å². The van der Waals surface area contributed by atoms with Crippen molar-refractivity contribution >= 4 is 50.9 Å². The Morgan fingerprint density at radius 2 is 1.12 bits per heavy atom. The van der Waals surface area contributed by atoms with Crippen LogP contribution < -0.4 is 20.5 Å². The van der Waals surface area contributed by atoms with Crippen molar-refractivity contribution < 1.29 is 19.1 Å². The minimum absolute atomic E-state index is 0.00585. The zero-order valence-electron chi connectivity index (χ0n) is 45.7. The molecule has 0 bridgehead atoms. The summed E-state index contributed by atoms with van der Waals surface area (Å²) in [4.78, 5) is 36.2. The summed E-state index contributed by atoms with van der Waals surface area (Å²) >= 11 is 15.0. The highest BCUT2D eigenvalue weighted by molar-refractivity contribution is 9.08. The molecule has 9 aromatic rings. The molecule has 2 aromatic heterocycles. The average molecular weight is 1200 g/mol. The molecular formula is C69H67BrCl2N6O4. The van der Waals surface area contributed by atoms with E-state index >= 15 is 0 Å². The number of allylic oxidation sites excluding steroid dienone is 2. The number of ether oxygens (including phenoxy) is 2. The van der Waals surface area contributed by atoms with Gasteiger partial charge in [0.2, 0.25) is 11.8 Å². The van der Waals surface area contributed by atoms with Crippen LogP contribution in [0, 0.1) is 11.8 Å². The zero-order valence-corrected chi connectivity index (χ0v) is 48.8. The van der Waals surface area contributed by atoms with Gasteiger partial charge in [-0.3, -0.25) is 9.59 Å². The third-order valence-corrected chi connectivity index (χ3v) is 16.2. The molecule has 0 aliphatic heterocycles. The van der Waals surface area contributed by atoms with E-state index in [1.54, 1.807) is 12.5 Å². The first-order chi connectivity index (χ1) is 40.2. The van der Waals surface area contributed by atoms with E-state index in [4.69, 9.17) is 43.4 Å². The monoisotopic (exact) mass is 1190 g/mol. The van der Waals surface area contributed by atoms with Gasteiger partial charge in [0.25, 0.3) is 0 Å². The van der Waals surface area contributed by atoms with Crippen LogP contribution >= 0.6 is 39.1 Å². The second-order valence-corrected chi connectivity index (χ2v) is 21.8. The SMILES string of the molecule is Clc1cccc(CBr)c1.NC(=O)C1CCC(=CCOc2ccccc2-c2cn(C(c3ccccc3)(c3ccccc3)c3ccccc3)cn2)CC1.O=C(NCc1cccc(Cl)c1)C1CCC(=CCOc2ccccc2-c2cnc[nH]2)CC1. The number of carbonyl (C=O) groups excluding carboxylic acids is 2. The Morgan fingerprint density at radius 1 is 0.634 bits per heavy atom. The second-order valence-electron chi connectivity index (χ2n) is 20.3. The molecule has 0 spiro atoms. The van der Waals surface area contributed by atoms with E-state index in [0.29, 0.717) is 24.8 Å². The molecule has 2 aliphatic carbocycles. The van der Waals surface area contributed by atoms with Crippen molar-refractivity contribution in [3.05, 3.63) is 274 Å². The zero-order chi connectivity index (χ0) is 56.9. The summed E-state index contributed by atoms with van der Waals surface area (Å²) in [5, 5.41) is 5.40. The number of benzene rings is 7. The van der Waals surface area contributed by atoms with Gasteiger partial charge in [0, 0.05) is 51.1 Å². The van der Waals surface area contributed by atoms with Gasteiger partial charge in [0.15, 0.2) is 0 Å². The molecule has 0 atom stereocenters. The highest BCUT2D eigenvalue weighted by Gasteiger charge is 2.38. The van der Waals surface area contributed by atoms with Crippen LogP contribution in [0.4, 0.5) is 0 Å². The van der Waals surface area contributed by atoms with Crippen LogP contribution in [0.3, 0.4) is 0 Å². The molecule has 11 rings (SSSR count). The number of aromatic nitrogens is 4. The van der Waals surface area contributed by atoms with E-state index in [0.717, 1.165) is 118 Å². The molecule has 2 heterocycles. The summed E-state index contributed by atoms with van der Waals surface area (Å²) in [6.07, 6.45) is 18.8. The number of nitrogens with zero attached hydrogens (tertiary/aromatic N) is 3. The Morgan fingerprint density at radius 3 is 1.62 bits per heavy atom. The van der Waals surface area contributed by atoms with Crippen molar-refractivity contribution in [2.24, 2.45) is 17.6 Å². The first-order valence-corrected chi connectivity index (χ1v) is 29.7. The lowest BCUT2D eigenvalue weighted by molar-refractivity contribution is -0.126. The molecule has 418 valence electrons. The van der Waals surface area contributed by atoms with Crippen molar-refractivity contribution in [1.82, 2.24) is 24.8 Å². The molecular weight excluding hydrogens is 1130 g/mol. The third kappa shape index (κ3) is 15.5. The van der Waals surface area contributed by atoms with Gasteiger partial charge in [-0.25, -0.2) is 9.97 Å². The summed E-state index contributed by atoms with van der Waals surface area (Å²) in [7, 11) is 0. The number of halogens is 3. The number of nitrogens with two attached hydrogens (primary N) is 1. The number of hydrogen-bond donors (Lipinski definition) is 3. The molecule has 82 heavy (non-hydrogen) atoms. The second kappa shape index (κ2) is 29.7. The van der Waals surface area contributed by atoms with Crippen molar-refractivity contribution in [3.8, 4) is 34.0 Å². The Balaban J connectivity index is 0.000000177. The normalized spacial score (nSPS) is 14.9. The van der Waals surface area contributed by atoms with Gasteiger partial charge in [0.1, 0.15) is 30.3 Å². The van der Waals surface area contributed by atoms with Gasteiger partial charge >= 0.3 is 0 Å². The van der Waals surface area contributed by atoms with Crippen molar-refractivity contribution in [1.29, 1.82) is 0 Å². The van der Waals surface area contributed by atoms with Gasteiger partial charge in [-0.2, -0.15) is 0 Å². The number of hydrogen-bond acceptors (Lipinski definition) is 6. The lowest BCUT2D eigenvalue weighted by Gasteiger charge is -2.37. The van der Waals surface area contributed by atoms with Gasteiger partial charge < -0.3 is 30.1 Å². The third-order valence-electron chi connectivity index (χ3n) is 15.0. The van der Waals surface area contributed by atoms with Crippen LogP contribution in [0.1, 0.15) is 79.2 Å². The number of carbonyl (C=O) groups is 2. The van der Waals surface area contributed by atoms with Crippen LogP contribution in [0.15, 0.2) is 236 Å². The number of H-pyrrole nitrogens is 1. The van der Waals surface area contributed by atoms with E-state index in [2.05, 4.69) is 151 Å². The Labute approximate surface area is 499 Å². The summed E-state index contributed by atoms with van der Waals surface area (Å²) < 4.78 is 14.5. The predicted octanol–water partition coefficient (Wildman–Crippen LogP) is 16.1. The number of imidazole rings is 2. The molecule has 2 aliphatic rings. The van der Waals surface area contributed by atoms with Crippen molar-refractivity contribution in [2.75, 3.05) is 13.2 Å². The summed E-state index contributed by atoms with van der Waals surface area (Å²) in [6.45, 7) is 1.50. The summed E-state index contributed by atoms with van der Waals surface area (Å²) in [5.41, 5.74) is 16.9. The van der Waals surface area contributed by atoms with Gasteiger partial charge in [-0.15, -0.1) is 0 Å². The van der Waals surface area contributed by atoms with Crippen LogP contribution in [-0.4, -0.2) is 44.5 Å². The lowest BCUT2D eigenvalue weighted by atomic mass is 9.77. The molecule has 0 unspecified atom stereocenters. The number of aromatic amines is 1. The van der Waals surface area contributed by atoms with Gasteiger partial charge in [-0.05, 0) is 140 Å². The molecule has 7 aromatic carbocycles. The van der Waals surface area contributed by atoms with Crippen LogP contribution in [0.25, 0.3) is 22.5 Å². The maximum Gasteiger partial charge on any atom is 0.223 e. The van der Waals surface area contributed by atoms with Crippen LogP contribution in [0.5, 0.6) is 11.5 Å². The lowest BCUT2D eigenvalue weighted by Crippen LogP contribution is -2.36. The molecule has 2 amide bonds. The highest BCUT2D eigenvalue weighted by atomic mass is 79.9. The van der Waals surface area contributed by atoms with Crippen LogP contribution in [-0.2, 0) is 27.0 Å². The Hall–Kier alpha value is -7.96. The van der Waals surface area contributed by atoms with E-state index in [1.165, 1.54) is 16.7 Å².